The topological polar surface area (TPSA) is 65.5 Å². The first-order valence-electron chi connectivity index (χ1n) is 4.66. The van der Waals surface area contributed by atoms with Gasteiger partial charge in [0.05, 0.1) is 36.7 Å². The molecule has 16 heavy (non-hydrogen) atoms. The first-order valence-corrected chi connectivity index (χ1v) is 4.66. The van der Waals surface area contributed by atoms with Crippen LogP contribution in [0.25, 0.3) is 0 Å². The van der Waals surface area contributed by atoms with Gasteiger partial charge >= 0.3 is 11.9 Å². The third kappa shape index (κ3) is 2.18. The molecule has 1 aromatic heterocycles. The third-order valence-electron chi connectivity index (χ3n) is 2.21. The van der Waals surface area contributed by atoms with E-state index >= 15 is 0 Å². The number of nitrogens with zero attached hydrogens (tertiary/aromatic N) is 1. The molecule has 86 valence electrons. The lowest BCUT2D eigenvalue weighted by atomic mass is 10.1. The Bertz CT molecular complexity index is 403. The van der Waals surface area contributed by atoms with E-state index in [4.69, 9.17) is 0 Å². The largest absolute Gasteiger partial charge is 0.465 e. The summed E-state index contributed by atoms with van der Waals surface area (Å²) in [5.41, 5.74) is 1.59. The van der Waals surface area contributed by atoms with Crippen molar-refractivity contribution in [2.75, 3.05) is 14.2 Å². The number of aromatic nitrogens is 1. The summed E-state index contributed by atoms with van der Waals surface area (Å²) >= 11 is 0. The number of hydrogen-bond acceptors (Lipinski definition) is 5. The normalized spacial score (nSPS) is 9.75. The van der Waals surface area contributed by atoms with Crippen LogP contribution in [0.4, 0.5) is 0 Å². The molecule has 0 N–H and O–H groups in total. The summed E-state index contributed by atoms with van der Waals surface area (Å²) in [6, 6.07) is 1.44. The van der Waals surface area contributed by atoms with Crippen molar-refractivity contribution in [2.45, 2.75) is 13.8 Å². The van der Waals surface area contributed by atoms with Crippen LogP contribution in [0.15, 0.2) is 6.07 Å². The van der Waals surface area contributed by atoms with E-state index in [9.17, 15) is 9.59 Å². The van der Waals surface area contributed by atoms with E-state index in [0.29, 0.717) is 11.4 Å². The van der Waals surface area contributed by atoms with Gasteiger partial charge in [-0.2, -0.15) is 0 Å². The maximum Gasteiger partial charge on any atom is 0.339 e. The smallest absolute Gasteiger partial charge is 0.339 e. The van der Waals surface area contributed by atoms with Crippen LogP contribution >= 0.6 is 0 Å². The molecule has 0 unspecified atom stereocenters. The van der Waals surface area contributed by atoms with Crippen molar-refractivity contribution in [3.05, 3.63) is 28.6 Å². The van der Waals surface area contributed by atoms with Crippen molar-refractivity contribution in [1.82, 2.24) is 4.98 Å². The van der Waals surface area contributed by atoms with Crippen molar-refractivity contribution >= 4 is 11.9 Å². The number of hydrogen-bond donors (Lipinski definition) is 0. The Balaban J connectivity index is 3.32. The highest BCUT2D eigenvalue weighted by atomic mass is 16.5. The zero-order chi connectivity index (χ0) is 12.3. The van der Waals surface area contributed by atoms with E-state index in [1.165, 1.54) is 20.3 Å². The van der Waals surface area contributed by atoms with E-state index in [1.807, 2.05) is 0 Å². The predicted octanol–water partition coefficient (Wildman–Crippen LogP) is 1.27. The molecule has 0 aliphatic heterocycles. The molecular formula is C11H13NO4. The van der Waals surface area contributed by atoms with Crippen LogP contribution < -0.4 is 0 Å². The number of rotatable bonds is 2. The van der Waals surface area contributed by atoms with E-state index in [1.54, 1.807) is 13.8 Å². The molecule has 0 fully saturated rings. The second kappa shape index (κ2) is 4.74. The zero-order valence-corrected chi connectivity index (χ0v) is 9.66. The molecule has 0 aliphatic rings. The second-order valence-corrected chi connectivity index (χ2v) is 3.24. The molecule has 1 aromatic rings. The average Bonchev–Trinajstić information content (AvgIpc) is 2.27. The summed E-state index contributed by atoms with van der Waals surface area (Å²) < 4.78 is 9.19. The number of pyridine rings is 1. The van der Waals surface area contributed by atoms with Crippen molar-refractivity contribution in [1.29, 1.82) is 0 Å². The predicted molar refractivity (Wildman–Crippen MR) is 56.4 cm³/mol. The molecule has 0 aromatic carbocycles. The fourth-order valence-corrected chi connectivity index (χ4v) is 1.36. The Morgan fingerprint density at radius 3 is 1.69 bits per heavy atom. The fraction of sp³-hybridized carbons (Fsp3) is 0.364. The van der Waals surface area contributed by atoms with Gasteiger partial charge in [-0.3, -0.25) is 4.98 Å². The molecular weight excluding hydrogens is 210 g/mol. The molecule has 5 heteroatoms. The minimum Gasteiger partial charge on any atom is -0.465 e. The molecule has 1 rings (SSSR count). The molecule has 0 saturated heterocycles. The molecule has 1 heterocycles. The molecule has 5 nitrogen and oxygen atoms in total. The van der Waals surface area contributed by atoms with Gasteiger partial charge in [0.15, 0.2) is 0 Å². The summed E-state index contributed by atoms with van der Waals surface area (Å²) in [4.78, 5) is 26.9. The van der Waals surface area contributed by atoms with Crippen LogP contribution in [-0.4, -0.2) is 31.1 Å². The van der Waals surface area contributed by atoms with Gasteiger partial charge in [0.2, 0.25) is 0 Å². The first kappa shape index (κ1) is 12.2. The number of esters is 2. The average molecular weight is 223 g/mol. The quantitative estimate of drug-likeness (QED) is 0.706. The third-order valence-corrected chi connectivity index (χ3v) is 2.21. The SMILES string of the molecule is COC(=O)c1cc(C(=O)OC)c(C)nc1C. The standard InChI is InChI=1S/C11H13NO4/c1-6-8(10(13)15-3)5-9(7(2)12-6)11(14)16-4/h5H,1-4H3. The lowest BCUT2D eigenvalue weighted by Crippen LogP contribution is -2.12. The Morgan fingerprint density at radius 2 is 1.38 bits per heavy atom. The van der Waals surface area contributed by atoms with Gasteiger partial charge in [0.25, 0.3) is 0 Å². The number of methoxy groups -OCH3 is 2. The maximum atomic E-state index is 11.4. The molecule has 0 saturated carbocycles. The highest BCUT2D eigenvalue weighted by Crippen LogP contribution is 2.14. The van der Waals surface area contributed by atoms with E-state index < -0.39 is 11.9 Å². The number of carbonyl (C=O) groups excluding carboxylic acids is 2. The van der Waals surface area contributed by atoms with Crippen molar-refractivity contribution in [3.8, 4) is 0 Å². The second-order valence-electron chi connectivity index (χ2n) is 3.24. The fourth-order valence-electron chi connectivity index (χ4n) is 1.36. The summed E-state index contributed by atoms with van der Waals surface area (Å²) in [5.74, 6) is -1.04. The summed E-state index contributed by atoms with van der Waals surface area (Å²) in [6.45, 7) is 3.36. The Hall–Kier alpha value is -1.91. The zero-order valence-electron chi connectivity index (χ0n) is 9.66. The van der Waals surface area contributed by atoms with Gasteiger partial charge in [-0.1, -0.05) is 0 Å². The molecule has 0 spiro atoms. The van der Waals surface area contributed by atoms with Crippen LogP contribution in [-0.2, 0) is 9.47 Å². The van der Waals surface area contributed by atoms with Crippen LogP contribution in [0, 0.1) is 13.8 Å². The van der Waals surface area contributed by atoms with Gasteiger partial charge < -0.3 is 9.47 Å². The van der Waals surface area contributed by atoms with Crippen LogP contribution in [0.2, 0.25) is 0 Å². The summed E-state index contributed by atoms with van der Waals surface area (Å²) in [6.07, 6.45) is 0. The molecule has 0 atom stereocenters. The van der Waals surface area contributed by atoms with E-state index in [0.717, 1.165) is 0 Å². The summed E-state index contributed by atoms with van der Waals surface area (Å²) in [7, 11) is 2.55. The Kier molecular flexibility index (Phi) is 3.60. The maximum absolute atomic E-state index is 11.4. The number of aryl methyl sites for hydroxylation is 2. The number of ether oxygens (including phenoxy) is 2. The first-order chi connectivity index (χ1) is 7.51. The van der Waals surface area contributed by atoms with E-state index in [-0.39, 0.29) is 11.1 Å². The van der Waals surface area contributed by atoms with E-state index in [2.05, 4.69) is 14.5 Å². The van der Waals surface area contributed by atoms with Crippen LogP contribution in [0.1, 0.15) is 32.1 Å². The minimum atomic E-state index is -0.518. The molecule has 0 radical (unpaired) electrons. The van der Waals surface area contributed by atoms with Gasteiger partial charge in [-0.15, -0.1) is 0 Å². The highest BCUT2D eigenvalue weighted by molar-refractivity contribution is 5.96. The number of carbonyl (C=O) groups is 2. The lowest BCUT2D eigenvalue weighted by molar-refractivity contribution is 0.0597. The van der Waals surface area contributed by atoms with Crippen molar-refractivity contribution in [2.24, 2.45) is 0 Å². The van der Waals surface area contributed by atoms with Gasteiger partial charge in [-0.25, -0.2) is 9.59 Å². The van der Waals surface area contributed by atoms with Gasteiger partial charge in [0.1, 0.15) is 0 Å². The Labute approximate surface area is 93.4 Å². The molecule has 0 aliphatic carbocycles. The minimum absolute atomic E-state index is 0.272. The monoisotopic (exact) mass is 223 g/mol. The van der Waals surface area contributed by atoms with Crippen molar-refractivity contribution in [3.63, 3.8) is 0 Å². The van der Waals surface area contributed by atoms with Crippen LogP contribution in [0.5, 0.6) is 0 Å². The van der Waals surface area contributed by atoms with Gasteiger partial charge in [0, 0.05) is 0 Å². The molecule has 0 bridgehead atoms. The van der Waals surface area contributed by atoms with Crippen molar-refractivity contribution < 1.29 is 19.1 Å². The molecule has 0 amide bonds. The summed E-state index contributed by atoms with van der Waals surface area (Å²) in [5, 5.41) is 0. The van der Waals surface area contributed by atoms with Crippen LogP contribution in [0.3, 0.4) is 0 Å². The lowest BCUT2D eigenvalue weighted by Gasteiger charge is -2.08. The highest BCUT2D eigenvalue weighted by Gasteiger charge is 2.17. The Morgan fingerprint density at radius 1 is 1.00 bits per heavy atom. The van der Waals surface area contributed by atoms with Gasteiger partial charge in [-0.05, 0) is 19.9 Å².